The average molecular weight is 321 g/mol. The summed E-state index contributed by atoms with van der Waals surface area (Å²) in [6.45, 7) is 2.62. The van der Waals surface area contributed by atoms with Crippen LogP contribution in [0.2, 0.25) is 0 Å². The lowest BCUT2D eigenvalue weighted by atomic mass is 9.82. The lowest BCUT2D eigenvalue weighted by Gasteiger charge is -2.36. The second kappa shape index (κ2) is 8.12. The summed E-state index contributed by atoms with van der Waals surface area (Å²) < 4.78 is 0. The summed E-state index contributed by atoms with van der Waals surface area (Å²) in [5.74, 6) is 0.185. The van der Waals surface area contributed by atoms with Crippen molar-refractivity contribution in [1.29, 1.82) is 5.26 Å². The first kappa shape index (κ1) is 18.2. The van der Waals surface area contributed by atoms with E-state index in [9.17, 15) is 15.2 Å². The van der Waals surface area contributed by atoms with Crippen molar-refractivity contribution in [3.8, 4) is 6.07 Å². The van der Waals surface area contributed by atoms with Gasteiger partial charge in [0.25, 0.3) is 0 Å². The Bertz CT molecular complexity index is 440. The van der Waals surface area contributed by atoms with Gasteiger partial charge in [-0.3, -0.25) is 9.69 Å². The van der Waals surface area contributed by atoms with E-state index in [0.29, 0.717) is 0 Å². The van der Waals surface area contributed by atoms with Crippen molar-refractivity contribution in [3.05, 3.63) is 0 Å². The van der Waals surface area contributed by atoms with Crippen molar-refractivity contribution >= 4 is 5.91 Å². The van der Waals surface area contributed by atoms with Gasteiger partial charge in [-0.05, 0) is 45.6 Å². The number of likely N-dealkylation sites (N-methyl/N-ethyl adjacent to an activating group) is 1. The van der Waals surface area contributed by atoms with E-state index in [1.165, 1.54) is 0 Å². The SMILES string of the molecule is CC(C(=O)NC1(C#N)CCCCC1)N(C)CC1CCCCC1O. The number of hydrogen-bond donors (Lipinski definition) is 2. The van der Waals surface area contributed by atoms with Crippen LogP contribution >= 0.6 is 0 Å². The molecular weight excluding hydrogens is 290 g/mol. The van der Waals surface area contributed by atoms with E-state index in [0.717, 1.165) is 64.3 Å². The molecule has 2 fully saturated rings. The smallest absolute Gasteiger partial charge is 0.238 e. The normalized spacial score (nSPS) is 28.8. The van der Waals surface area contributed by atoms with Crippen LogP contribution in [0.15, 0.2) is 0 Å². The maximum absolute atomic E-state index is 12.6. The molecule has 3 atom stereocenters. The van der Waals surface area contributed by atoms with Gasteiger partial charge in [0.15, 0.2) is 0 Å². The summed E-state index contributed by atoms with van der Waals surface area (Å²) in [4.78, 5) is 14.6. The van der Waals surface area contributed by atoms with E-state index in [1.807, 2.05) is 18.9 Å². The van der Waals surface area contributed by atoms with E-state index in [-0.39, 0.29) is 24.0 Å². The molecule has 0 aromatic heterocycles. The molecule has 0 aliphatic heterocycles. The van der Waals surface area contributed by atoms with E-state index >= 15 is 0 Å². The van der Waals surface area contributed by atoms with Crippen LogP contribution in [0, 0.1) is 17.2 Å². The van der Waals surface area contributed by atoms with Crippen molar-refractivity contribution in [1.82, 2.24) is 10.2 Å². The van der Waals surface area contributed by atoms with Crippen LogP contribution in [-0.2, 0) is 4.79 Å². The number of amides is 1. The molecule has 2 aliphatic carbocycles. The molecule has 0 spiro atoms. The third-order valence-electron chi connectivity index (χ3n) is 5.72. The summed E-state index contributed by atoms with van der Waals surface area (Å²) in [5.41, 5.74) is -0.672. The minimum absolute atomic E-state index is 0.0683. The minimum atomic E-state index is -0.672. The first-order valence-electron chi connectivity index (χ1n) is 9.09. The highest BCUT2D eigenvalue weighted by atomic mass is 16.3. The summed E-state index contributed by atoms with van der Waals surface area (Å²) in [5, 5.41) is 22.6. The molecule has 0 aromatic carbocycles. The number of hydrogen-bond acceptors (Lipinski definition) is 4. The number of nitriles is 1. The van der Waals surface area contributed by atoms with Crippen molar-refractivity contribution in [2.45, 2.75) is 82.4 Å². The van der Waals surface area contributed by atoms with Crippen molar-refractivity contribution in [3.63, 3.8) is 0 Å². The molecule has 0 saturated heterocycles. The Morgan fingerprint density at radius 2 is 1.96 bits per heavy atom. The molecule has 0 radical (unpaired) electrons. The Kier molecular flexibility index (Phi) is 6.43. The first-order chi connectivity index (χ1) is 11.0. The fourth-order valence-electron chi connectivity index (χ4n) is 3.89. The van der Waals surface area contributed by atoms with Gasteiger partial charge in [0.1, 0.15) is 5.54 Å². The molecule has 3 unspecified atom stereocenters. The Morgan fingerprint density at radius 1 is 1.30 bits per heavy atom. The molecule has 2 aliphatic rings. The van der Waals surface area contributed by atoms with Gasteiger partial charge < -0.3 is 10.4 Å². The highest BCUT2D eigenvalue weighted by molar-refractivity contribution is 5.82. The van der Waals surface area contributed by atoms with Crippen LogP contribution in [0.3, 0.4) is 0 Å². The van der Waals surface area contributed by atoms with E-state index in [4.69, 9.17) is 0 Å². The zero-order valence-electron chi connectivity index (χ0n) is 14.6. The van der Waals surface area contributed by atoms with Gasteiger partial charge >= 0.3 is 0 Å². The van der Waals surface area contributed by atoms with Crippen LogP contribution in [0.5, 0.6) is 0 Å². The second-order valence-electron chi connectivity index (χ2n) is 7.47. The van der Waals surface area contributed by atoms with Crippen molar-refractivity contribution in [2.75, 3.05) is 13.6 Å². The zero-order chi connectivity index (χ0) is 16.9. The minimum Gasteiger partial charge on any atom is -0.393 e. The topological polar surface area (TPSA) is 76.4 Å². The van der Waals surface area contributed by atoms with Crippen LogP contribution in [0.4, 0.5) is 0 Å². The predicted molar refractivity (Wildman–Crippen MR) is 89.6 cm³/mol. The van der Waals surface area contributed by atoms with E-state index in [2.05, 4.69) is 11.4 Å². The van der Waals surface area contributed by atoms with E-state index in [1.54, 1.807) is 0 Å². The van der Waals surface area contributed by atoms with Crippen LogP contribution in [0.1, 0.15) is 64.7 Å². The Morgan fingerprint density at radius 3 is 2.57 bits per heavy atom. The Labute approximate surface area is 140 Å². The molecule has 1 amide bonds. The van der Waals surface area contributed by atoms with Crippen LogP contribution in [-0.4, -0.2) is 47.2 Å². The van der Waals surface area contributed by atoms with E-state index < -0.39 is 5.54 Å². The fourth-order valence-corrected chi connectivity index (χ4v) is 3.89. The highest BCUT2D eigenvalue weighted by Crippen LogP contribution is 2.28. The number of nitrogens with one attached hydrogen (secondary N) is 1. The van der Waals surface area contributed by atoms with Gasteiger partial charge in [0.05, 0.1) is 18.2 Å². The summed E-state index contributed by atoms with van der Waals surface area (Å²) in [6.07, 6.45) is 8.59. The summed E-state index contributed by atoms with van der Waals surface area (Å²) in [7, 11) is 1.94. The largest absolute Gasteiger partial charge is 0.393 e. The van der Waals surface area contributed by atoms with Gasteiger partial charge in [0, 0.05) is 6.54 Å². The third-order valence-corrected chi connectivity index (χ3v) is 5.72. The number of aliphatic hydroxyl groups is 1. The third kappa shape index (κ3) is 4.68. The summed E-state index contributed by atoms with van der Waals surface area (Å²) >= 11 is 0. The summed E-state index contributed by atoms with van der Waals surface area (Å²) in [6, 6.07) is 2.06. The molecule has 5 nitrogen and oxygen atoms in total. The predicted octanol–water partition coefficient (Wildman–Crippen LogP) is 2.20. The van der Waals surface area contributed by atoms with Gasteiger partial charge in [0.2, 0.25) is 5.91 Å². The number of rotatable bonds is 5. The molecular formula is C18H31N3O2. The standard InChI is InChI=1S/C18H31N3O2/c1-14(21(2)12-15-8-4-5-9-16(15)22)17(23)20-18(13-19)10-6-3-7-11-18/h14-16,22H,3-12H2,1-2H3,(H,20,23). The molecule has 2 N–H and O–H groups in total. The maximum atomic E-state index is 12.6. The molecule has 0 heterocycles. The number of carbonyl (C=O) groups excluding carboxylic acids is 1. The van der Waals surface area contributed by atoms with Crippen LogP contribution < -0.4 is 5.32 Å². The molecule has 0 aromatic rings. The van der Waals surface area contributed by atoms with Crippen molar-refractivity contribution in [2.24, 2.45) is 5.92 Å². The molecule has 0 bridgehead atoms. The number of nitrogens with zero attached hydrogens (tertiary/aromatic N) is 2. The maximum Gasteiger partial charge on any atom is 0.238 e. The molecule has 130 valence electrons. The molecule has 5 heteroatoms. The zero-order valence-corrected chi connectivity index (χ0v) is 14.6. The second-order valence-corrected chi connectivity index (χ2v) is 7.47. The van der Waals surface area contributed by atoms with Crippen LogP contribution in [0.25, 0.3) is 0 Å². The van der Waals surface area contributed by atoms with Gasteiger partial charge in [-0.25, -0.2) is 0 Å². The van der Waals surface area contributed by atoms with Gasteiger partial charge in [-0.1, -0.05) is 32.1 Å². The first-order valence-corrected chi connectivity index (χ1v) is 9.09. The molecule has 2 saturated carbocycles. The fraction of sp³-hybridized carbons (Fsp3) is 0.889. The molecule has 2 rings (SSSR count). The lowest BCUT2D eigenvalue weighted by Crippen LogP contribution is -2.55. The number of aliphatic hydroxyl groups excluding tert-OH is 1. The number of carbonyl (C=O) groups is 1. The average Bonchev–Trinajstić information content (AvgIpc) is 2.57. The van der Waals surface area contributed by atoms with Gasteiger partial charge in [-0.15, -0.1) is 0 Å². The lowest BCUT2D eigenvalue weighted by molar-refractivity contribution is -0.127. The van der Waals surface area contributed by atoms with Gasteiger partial charge in [-0.2, -0.15) is 5.26 Å². The molecule has 23 heavy (non-hydrogen) atoms. The Hall–Kier alpha value is -1.12. The Balaban J connectivity index is 1.89. The monoisotopic (exact) mass is 321 g/mol. The highest BCUT2D eigenvalue weighted by Gasteiger charge is 2.36. The van der Waals surface area contributed by atoms with Crippen molar-refractivity contribution < 1.29 is 9.90 Å². The quantitative estimate of drug-likeness (QED) is 0.814.